The van der Waals surface area contributed by atoms with E-state index in [9.17, 15) is 9.59 Å². The molecule has 3 amide bonds. The fourth-order valence-electron chi connectivity index (χ4n) is 3.19. The zero-order chi connectivity index (χ0) is 14.4. The zero-order valence-corrected chi connectivity index (χ0v) is 13.3. The molecule has 122 valence electrons. The summed E-state index contributed by atoms with van der Waals surface area (Å²) in [4.78, 5) is 25.1. The highest BCUT2D eigenvalue weighted by Crippen LogP contribution is 2.20. The lowest BCUT2D eigenvalue weighted by Crippen LogP contribution is -2.50. The Labute approximate surface area is 132 Å². The monoisotopic (exact) mass is 318 g/mol. The predicted molar refractivity (Wildman–Crippen MR) is 84.4 cm³/mol. The summed E-state index contributed by atoms with van der Waals surface area (Å²) < 4.78 is 0. The second kappa shape index (κ2) is 9.10. The first-order valence-electron chi connectivity index (χ1n) is 7.70. The Morgan fingerprint density at radius 3 is 2.76 bits per heavy atom. The second-order valence-electron chi connectivity index (χ2n) is 5.88. The highest BCUT2D eigenvalue weighted by Gasteiger charge is 2.27. The Balaban J connectivity index is 0.00000220. The molecule has 0 aromatic heterocycles. The summed E-state index contributed by atoms with van der Waals surface area (Å²) in [6.45, 7) is 3.41. The van der Waals surface area contributed by atoms with Crippen LogP contribution < -0.4 is 16.4 Å². The lowest BCUT2D eigenvalue weighted by atomic mass is 9.98. The van der Waals surface area contributed by atoms with E-state index in [1.165, 1.54) is 6.42 Å². The van der Waals surface area contributed by atoms with Crippen molar-refractivity contribution in [2.75, 3.05) is 26.2 Å². The van der Waals surface area contributed by atoms with Gasteiger partial charge >= 0.3 is 6.03 Å². The fraction of sp³-hybridized carbons (Fsp3) is 0.857. The van der Waals surface area contributed by atoms with Gasteiger partial charge in [-0.2, -0.15) is 0 Å². The van der Waals surface area contributed by atoms with Gasteiger partial charge in [-0.1, -0.05) is 0 Å². The van der Waals surface area contributed by atoms with Crippen molar-refractivity contribution < 1.29 is 9.59 Å². The van der Waals surface area contributed by atoms with Crippen molar-refractivity contribution in [2.45, 2.75) is 44.6 Å². The highest BCUT2D eigenvalue weighted by atomic mass is 35.5. The maximum Gasteiger partial charge on any atom is 0.312 e. The van der Waals surface area contributed by atoms with Crippen LogP contribution >= 0.6 is 12.4 Å². The van der Waals surface area contributed by atoms with E-state index < -0.39 is 6.03 Å². The van der Waals surface area contributed by atoms with Crippen LogP contribution in [0.2, 0.25) is 0 Å². The Kier molecular flexibility index (Phi) is 7.82. The summed E-state index contributed by atoms with van der Waals surface area (Å²) >= 11 is 0. The van der Waals surface area contributed by atoms with Gasteiger partial charge in [0, 0.05) is 25.6 Å². The Morgan fingerprint density at radius 2 is 2.10 bits per heavy atom. The summed E-state index contributed by atoms with van der Waals surface area (Å²) in [5.41, 5.74) is 5.11. The molecule has 0 bridgehead atoms. The van der Waals surface area contributed by atoms with Crippen LogP contribution in [0.4, 0.5) is 4.79 Å². The van der Waals surface area contributed by atoms with Crippen LogP contribution in [0.3, 0.4) is 0 Å². The van der Waals surface area contributed by atoms with Crippen LogP contribution in [0.1, 0.15) is 38.5 Å². The quantitative estimate of drug-likeness (QED) is 0.702. The van der Waals surface area contributed by atoms with Crippen molar-refractivity contribution in [3.05, 3.63) is 0 Å². The number of carbonyl (C=O) groups is 2. The molecular formula is C14H27ClN4O2. The maximum absolute atomic E-state index is 12.4. The molecule has 2 saturated heterocycles. The molecule has 0 aromatic carbocycles. The van der Waals surface area contributed by atoms with E-state index in [-0.39, 0.29) is 24.4 Å². The number of piperidine rings is 1. The summed E-state index contributed by atoms with van der Waals surface area (Å²) in [5.74, 6) is 0.874. The van der Waals surface area contributed by atoms with Crippen LogP contribution in [0, 0.1) is 5.92 Å². The van der Waals surface area contributed by atoms with Gasteiger partial charge in [0.1, 0.15) is 0 Å². The van der Waals surface area contributed by atoms with Crippen molar-refractivity contribution in [2.24, 2.45) is 11.7 Å². The number of rotatable bonds is 5. The molecule has 2 heterocycles. The minimum atomic E-state index is -0.514. The molecule has 2 unspecified atom stereocenters. The molecule has 2 atom stereocenters. The van der Waals surface area contributed by atoms with E-state index in [0.717, 1.165) is 45.3 Å². The minimum absolute atomic E-state index is 0. The smallest absolute Gasteiger partial charge is 0.312 e. The molecule has 2 aliphatic heterocycles. The number of carbonyl (C=O) groups excluding carboxylic acids is 2. The lowest BCUT2D eigenvalue weighted by Gasteiger charge is -2.36. The van der Waals surface area contributed by atoms with E-state index in [0.29, 0.717) is 18.9 Å². The Morgan fingerprint density at radius 1 is 1.29 bits per heavy atom. The average molecular weight is 319 g/mol. The molecule has 7 heteroatoms. The molecule has 0 radical (unpaired) electrons. The second-order valence-corrected chi connectivity index (χ2v) is 5.88. The Hall–Kier alpha value is -1.01. The molecule has 0 saturated carbocycles. The normalized spacial score (nSPS) is 25.2. The standard InChI is InChI=1S/C14H26N4O2.ClH/c15-14(20)17-10-12-3-1-2-8-18(12)13(19)5-4-11-6-7-16-9-11;/h11-12,16H,1-10H2,(H3,15,17,20);1H. The molecule has 4 N–H and O–H groups in total. The van der Waals surface area contributed by atoms with Gasteiger partial charge in [0.25, 0.3) is 0 Å². The van der Waals surface area contributed by atoms with Crippen LogP contribution in [0.25, 0.3) is 0 Å². The summed E-state index contributed by atoms with van der Waals surface area (Å²) in [5, 5.41) is 5.96. The van der Waals surface area contributed by atoms with Crippen LogP contribution in [-0.4, -0.2) is 49.1 Å². The molecular weight excluding hydrogens is 292 g/mol. The van der Waals surface area contributed by atoms with Crippen molar-refractivity contribution in [1.29, 1.82) is 0 Å². The van der Waals surface area contributed by atoms with Gasteiger partial charge in [0.15, 0.2) is 0 Å². The Bertz CT molecular complexity index is 348. The number of likely N-dealkylation sites (tertiary alicyclic amines) is 1. The number of urea groups is 1. The van der Waals surface area contributed by atoms with Gasteiger partial charge in [0.05, 0.1) is 0 Å². The van der Waals surface area contributed by atoms with Gasteiger partial charge < -0.3 is 21.3 Å². The van der Waals surface area contributed by atoms with Crippen LogP contribution in [0.15, 0.2) is 0 Å². The predicted octanol–water partition coefficient (Wildman–Crippen LogP) is 0.847. The largest absolute Gasteiger partial charge is 0.352 e. The first kappa shape index (κ1) is 18.0. The van der Waals surface area contributed by atoms with Crippen molar-refractivity contribution >= 4 is 24.3 Å². The lowest BCUT2D eigenvalue weighted by molar-refractivity contribution is -0.135. The van der Waals surface area contributed by atoms with Gasteiger partial charge in [-0.15, -0.1) is 12.4 Å². The molecule has 6 nitrogen and oxygen atoms in total. The first-order chi connectivity index (χ1) is 9.66. The number of hydrogen-bond acceptors (Lipinski definition) is 3. The van der Waals surface area contributed by atoms with Crippen molar-refractivity contribution in [3.63, 3.8) is 0 Å². The third-order valence-electron chi connectivity index (χ3n) is 4.39. The average Bonchev–Trinajstić information content (AvgIpc) is 2.96. The van der Waals surface area contributed by atoms with Gasteiger partial charge in [0.2, 0.25) is 5.91 Å². The maximum atomic E-state index is 12.4. The SMILES string of the molecule is Cl.NC(=O)NCC1CCCCN1C(=O)CCC1CCNC1. The fourth-order valence-corrected chi connectivity index (χ4v) is 3.19. The zero-order valence-electron chi connectivity index (χ0n) is 12.5. The number of nitrogens with one attached hydrogen (secondary N) is 2. The molecule has 2 fully saturated rings. The van der Waals surface area contributed by atoms with E-state index in [2.05, 4.69) is 10.6 Å². The van der Waals surface area contributed by atoms with Crippen LogP contribution in [-0.2, 0) is 4.79 Å². The van der Waals surface area contributed by atoms with Crippen molar-refractivity contribution in [3.8, 4) is 0 Å². The molecule has 2 rings (SSSR count). The van der Waals surface area contributed by atoms with Crippen LogP contribution in [0.5, 0.6) is 0 Å². The molecule has 21 heavy (non-hydrogen) atoms. The van der Waals surface area contributed by atoms with E-state index >= 15 is 0 Å². The number of amides is 3. The summed E-state index contributed by atoms with van der Waals surface area (Å²) in [6, 6.07) is -0.398. The minimum Gasteiger partial charge on any atom is -0.352 e. The number of primary amides is 1. The van der Waals surface area contributed by atoms with Crippen molar-refractivity contribution in [1.82, 2.24) is 15.5 Å². The molecule has 0 aromatic rings. The summed E-state index contributed by atoms with van der Waals surface area (Å²) in [6.07, 6.45) is 5.90. The van der Waals surface area contributed by atoms with E-state index in [1.54, 1.807) is 0 Å². The van der Waals surface area contributed by atoms with E-state index in [4.69, 9.17) is 5.73 Å². The molecule has 2 aliphatic rings. The van der Waals surface area contributed by atoms with E-state index in [1.807, 2.05) is 4.90 Å². The highest BCUT2D eigenvalue weighted by molar-refractivity contribution is 5.85. The van der Waals surface area contributed by atoms with Gasteiger partial charge in [-0.05, 0) is 51.1 Å². The molecule has 0 spiro atoms. The number of hydrogen-bond donors (Lipinski definition) is 3. The molecule has 0 aliphatic carbocycles. The van der Waals surface area contributed by atoms with Gasteiger partial charge in [-0.3, -0.25) is 4.79 Å². The number of nitrogens with zero attached hydrogens (tertiary/aromatic N) is 1. The number of halogens is 1. The van der Waals surface area contributed by atoms with Gasteiger partial charge in [-0.25, -0.2) is 4.79 Å². The summed E-state index contributed by atoms with van der Waals surface area (Å²) in [7, 11) is 0. The third kappa shape index (κ3) is 5.71. The third-order valence-corrected chi connectivity index (χ3v) is 4.39. The topological polar surface area (TPSA) is 87.5 Å². The number of nitrogens with two attached hydrogens (primary N) is 1. The first-order valence-corrected chi connectivity index (χ1v) is 7.70.